The van der Waals surface area contributed by atoms with E-state index in [9.17, 15) is 15.0 Å². The molecule has 0 spiro atoms. The molecule has 5 nitrogen and oxygen atoms in total. The van der Waals surface area contributed by atoms with Crippen molar-refractivity contribution in [3.63, 3.8) is 0 Å². The molecule has 0 aliphatic rings. The molecule has 1 aromatic carbocycles. The monoisotopic (exact) mass is 236 g/mol. The Morgan fingerprint density at radius 3 is 2.59 bits per heavy atom. The van der Waals surface area contributed by atoms with E-state index in [4.69, 9.17) is 0 Å². The Morgan fingerprint density at radius 2 is 2.00 bits per heavy atom. The summed E-state index contributed by atoms with van der Waals surface area (Å²) in [6.45, 7) is 5.15. The van der Waals surface area contributed by atoms with Crippen LogP contribution in [0.15, 0.2) is 23.3 Å². The lowest BCUT2D eigenvalue weighted by Crippen LogP contribution is -2.24. The van der Waals surface area contributed by atoms with Crippen LogP contribution in [-0.2, 0) is 4.79 Å². The van der Waals surface area contributed by atoms with Crippen molar-refractivity contribution in [2.24, 2.45) is 11.0 Å². The number of hydrazone groups is 1. The fourth-order valence-electron chi connectivity index (χ4n) is 1.14. The van der Waals surface area contributed by atoms with Gasteiger partial charge in [-0.25, -0.2) is 5.43 Å². The van der Waals surface area contributed by atoms with E-state index in [-0.39, 0.29) is 23.3 Å². The first kappa shape index (κ1) is 13.0. The van der Waals surface area contributed by atoms with Crippen LogP contribution >= 0.6 is 0 Å². The Labute approximate surface area is 99.8 Å². The van der Waals surface area contributed by atoms with Crippen molar-refractivity contribution >= 4 is 11.6 Å². The highest BCUT2D eigenvalue weighted by Crippen LogP contribution is 2.22. The molecule has 0 aliphatic carbocycles. The number of carbonyl (C=O) groups excluding carboxylic acids is 1. The molecule has 0 bridgehead atoms. The number of carbonyl (C=O) groups is 1. The summed E-state index contributed by atoms with van der Waals surface area (Å²) < 4.78 is 0. The first-order chi connectivity index (χ1) is 7.91. The molecule has 0 aliphatic heterocycles. The van der Waals surface area contributed by atoms with E-state index < -0.39 is 0 Å². The number of hydrogen-bond donors (Lipinski definition) is 3. The molecule has 0 heterocycles. The third kappa shape index (κ3) is 3.48. The fourth-order valence-corrected chi connectivity index (χ4v) is 1.14. The molecule has 5 heteroatoms. The maximum absolute atomic E-state index is 11.3. The lowest BCUT2D eigenvalue weighted by Gasteiger charge is -2.06. The number of phenols is 2. The van der Waals surface area contributed by atoms with Crippen LogP contribution in [0, 0.1) is 5.92 Å². The van der Waals surface area contributed by atoms with Crippen LogP contribution in [-0.4, -0.2) is 21.8 Å². The predicted molar refractivity (Wildman–Crippen MR) is 65.0 cm³/mol. The van der Waals surface area contributed by atoms with Gasteiger partial charge in [-0.15, -0.1) is 0 Å². The molecule has 1 amide bonds. The number of nitrogens with one attached hydrogen (secondary N) is 1. The van der Waals surface area contributed by atoms with Crippen molar-refractivity contribution in [3.8, 4) is 11.5 Å². The fraction of sp³-hybridized carbons (Fsp3) is 0.333. The Bertz CT molecular complexity index is 453. The zero-order chi connectivity index (χ0) is 13.0. The maximum atomic E-state index is 11.3. The lowest BCUT2D eigenvalue weighted by molar-refractivity contribution is -0.123. The van der Waals surface area contributed by atoms with Crippen LogP contribution in [0.2, 0.25) is 0 Å². The van der Waals surface area contributed by atoms with E-state index in [1.807, 2.05) is 0 Å². The van der Waals surface area contributed by atoms with E-state index in [2.05, 4.69) is 10.5 Å². The molecule has 0 aromatic heterocycles. The van der Waals surface area contributed by atoms with E-state index in [0.29, 0.717) is 11.3 Å². The molecular weight excluding hydrogens is 220 g/mol. The molecule has 0 radical (unpaired) electrons. The standard InChI is InChI=1S/C12H16N2O3/c1-7(2)12(17)14-13-8(3)10-6-9(15)4-5-11(10)16/h4-7,15-16H,1-3H3,(H,14,17)/b13-8+. The van der Waals surface area contributed by atoms with Gasteiger partial charge >= 0.3 is 0 Å². The molecule has 3 N–H and O–H groups in total. The van der Waals surface area contributed by atoms with Crippen LogP contribution in [0.4, 0.5) is 0 Å². The third-order valence-electron chi connectivity index (χ3n) is 2.23. The SMILES string of the molecule is C/C(=N\NC(=O)C(C)C)c1cc(O)ccc1O. The Balaban J connectivity index is 2.88. The van der Waals surface area contributed by atoms with Gasteiger partial charge in [0.05, 0.1) is 5.71 Å². The minimum absolute atomic E-state index is 0.00264. The van der Waals surface area contributed by atoms with Crippen LogP contribution in [0.1, 0.15) is 26.3 Å². The van der Waals surface area contributed by atoms with Crippen molar-refractivity contribution < 1.29 is 15.0 Å². The number of rotatable bonds is 3. The summed E-state index contributed by atoms with van der Waals surface area (Å²) in [5.41, 5.74) is 3.19. The second kappa shape index (κ2) is 5.34. The van der Waals surface area contributed by atoms with Gasteiger partial charge in [0.2, 0.25) is 5.91 Å². The van der Waals surface area contributed by atoms with Crippen molar-refractivity contribution in [2.45, 2.75) is 20.8 Å². The summed E-state index contributed by atoms with van der Waals surface area (Å²) in [7, 11) is 0. The van der Waals surface area contributed by atoms with E-state index in [1.54, 1.807) is 20.8 Å². The molecule has 1 aromatic rings. The number of amides is 1. The van der Waals surface area contributed by atoms with Gasteiger partial charge in [0.1, 0.15) is 11.5 Å². The largest absolute Gasteiger partial charge is 0.508 e. The highest BCUT2D eigenvalue weighted by Gasteiger charge is 2.08. The number of aromatic hydroxyl groups is 2. The van der Waals surface area contributed by atoms with E-state index in [0.717, 1.165) is 0 Å². The second-order valence-corrected chi connectivity index (χ2v) is 4.03. The van der Waals surface area contributed by atoms with Gasteiger partial charge in [-0.05, 0) is 25.1 Å². The molecular formula is C12H16N2O3. The zero-order valence-corrected chi connectivity index (χ0v) is 10.1. The molecule has 0 saturated heterocycles. The summed E-state index contributed by atoms with van der Waals surface area (Å²) >= 11 is 0. The van der Waals surface area contributed by atoms with Gasteiger partial charge in [0.15, 0.2) is 0 Å². The average molecular weight is 236 g/mol. The summed E-state index contributed by atoms with van der Waals surface area (Å²) in [6, 6.07) is 4.13. The summed E-state index contributed by atoms with van der Waals surface area (Å²) in [6.07, 6.45) is 0. The minimum atomic E-state index is -0.205. The number of hydrogen-bond acceptors (Lipinski definition) is 4. The average Bonchev–Trinajstić information content (AvgIpc) is 2.28. The molecule has 0 unspecified atom stereocenters. The normalized spacial score (nSPS) is 11.6. The highest BCUT2D eigenvalue weighted by atomic mass is 16.3. The number of benzene rings is 1. The van der Waals surface area contributed by atoms with Gasteiger partial charge in [0.25, 0.3) is 0 Å². The topological polar surface area (TPSA) is 81.9 Å². The van der Waals surface area contributed by atoms with Gasteiger partial charge in [0, 0.05) is 11.5 Å². The van der Waals surface area contributed by atoms with Gasteiger partial charge in [-0.3, -0.25) is 4.79 Å². The molecule has 0 atom stereocenters. The van der Waals surface area contributed by atoms with Crippen LogP contribution in [0.5, 0.6) is 11.5 Å². The minimum Gasteiger partial charge on any atom is -0.508 e. The van der Waals surface area contributed by atoms with Crippen LogP contribution in [0.25, 0.3) is 0 Å². The maximum Gasteiger partial charge on any atom is 0.242 e. The highest BCUT2D eigenvalue weighted by molar-refractivity contribution is 6.01. The number of phenolic OH excluding ortho intramolecular Hbond substituents is 2. The van der Waals surface area contributed by atoms with Gasteiger partial charge < -0.3 is 10.2 Å². The lowest BCUT2D eigenvalue weighted by atomic mass is 10.1. The van der Waals surface area contributed by atoms with E-state index in [1.165, 1.54) is 18.2 Å². The van der Waals surface area contributed by atoms with Gasteiger partial charge in [-0.2, -0.15) is 5.10 Å². The van der Waals surface area contributed by atoms with E-state index >= 15 is 0 Å². The Kier molecular flexibility index (Phi) is 4.09. The first-order valence-electron chi connectivity index (χ1n) is 5.28. The summed E-state index contributed by atoms with van der Waals surface area (Å²) in [5, 5.41) is 22.7. The molecule has 17 heavy (non-hydrogen) atoms. The smallest absolute Gasteiger partial charge is 0.242 e. The second-order valence-electron chi connectivity index (χ2n) is 4.03. The molecule has 0 saturated carbocycles. The number of nitrogens with zero attached hydrogens (tertiary/aromatic N) is 1. The van der Waals surface area contributed by atoms with Crippen molar-refractivity contribution in [2.75, 3.05) is 0 Å². The van der Waals surface area contributed by atoms with Crippen molar-refractivity contribution in [1.29, 1.82) is 0 Å². The van der Waals surface area contributed by atoms with Crippen molar-refractivity contribution in [1.82, 2.24) is 5.43 Å². The van der Waals surface area contributed by atoms with Gasteiger partial charge in [-0.1, -0.05) is 13.8 Å². The summed E-state index contributed by atoms with van der Waals surface area (Å²) in [4.78, 5) is 11.3. The summed E-state index contributed by atoms with van der Waals surface area (Å²) in [5.74, 6) is -0.335. The van der Waals surface area contributed by atoms with Crippen LogP contribution in [0.3, 0.4) is 0 Å². The molecule has 92 valence electrons. The first-order valence-corrected chi connectivity index (χ1v) is 5.28. The van der Waals surface area contributed by atoms with Crippen molar-refractivity contribution in [3.05, 3.63) is 23.8 Å². The quantitative estimate of drug-likeness (QED) is 0.423. The predicted octanol–water partition coefficient (Wildman–Crippen LogP) is 1.59. The molecule has 0 fully saturated rings. The Morgan fingerprint density at radius 1 is 1.35 bits per heavy atom. The zero-order valence-electron chi connectivity index (χ0n) is 10.1. The van der Waals surface area contributed by atoms with Crippen LogP contribution < -0.4 is 5.43 Å². The third-order valence-corrected chi connectivity index (χ3v) is 2.23. The Hall–Kier alpha value is -2.04. The molecule has 1 rings (SSSR count).